The summed E-state index contributed by atoms with van der Waals surface area (Å²) in [5.41, 5.74) is 1.57. The predicted molar refractivity (Wildman–Crippen MR) is 137 cm³/mol. The molecule has 0 bridgehead atoms. The molecule has 1 aromatic heterocycles. The monoisotopic (exact) mass is 505 g/mol. The maximum absolute atomic E-state index is 14.0. The zero-order valence-corrected chi connectivity index (χ0v) is 21.3. The third kappa shape index (κ3) is 4.79. The number of rotatable bonds is 8. The Morgan fingerprint density at radius 3 is 2.41 bits per heavy atom. The van der Waals surface area contributed by atoms with Crippen molar-refractivity contribution in [3.05, 3.63) is 75.3 Å². The number of carbonyl (C=O) groups excluding carboxylic acids is 1. The molecule has 1 amide bonds. The van der Waals surface area contributed by atoms with Gasteiger partial charge in [-0.15, -0.1) is 0 Å². The van der Waals surface area contributed by atoms with Crippen molar-refractivity contribution in [1.82, 2.24) is 14.5 Å². The molecule has 0 spiro atoms. The number of aryl methyl sites for hydroxylation is 1. The maximum atomic E-state index is 14.0. The van der Waals surface area contributed by atoms with Crippen LogP contribution in [0.5, 0.6) is 17.4 Å². The Morgan fingerprint density at radius 2 is 1.76 bits per heavy atom. The molecule has 1 saturated carbocycles. The Labute approximate surface area is 215 Å². The highest BCUT2D eigenvalue weighted by molar-refractivity contribution is 5.96. The molecule has 1 atom stereocenters. The van der Waals surface area contributed by atoms with Crippen LogP contribution < -0.4 is 15.0 Å². The van der Waals surface area contributed by atoms with E-state index in [9.17, 15) is 14.7 Å². The maximum Gasteiger partial charge on any atom is 0.275 e. The quantitative estimate of drug-likeness (QED) is 0.499. The Kier molecular flexibility index (Phi) is 6.88. The summed E-state index contributed by atoms with van der Waals surface area (Å²) >= 11 is 0. The van der Waals surface area contributed by atoms with E-state index in [-0.39, 0.29) is 30.0 Å². The molecule has 2 fully saturated rings. The van der Waals surface area contributed by atoms with Crippen molar-refractivity contribution in [3.63, 3.8) is 0 Å². The molecular weight excluding hydrogens is 474 g/mol. The number of carbonyl (C=O) groups is 1. The fourth-order valence-electron chi connectivity index (χ4n) is 4.95. The van der Waals surface area contributed by atoms with Gasteiger partial charge in [-0.3, -0.25) is 14.2 Å². The molecule has 5 rings (SSSR count). The molecule has 3 aromatic rings. The lowest BCUT2D eigenvalue weighted by Crippen LogP contribution is -2.37. The number of aromatic hydroxyl groups is 1. The van der Waals surface area contributed by atoms with Crippen molar-refractivity contribution in [2.75, 3.05) is 27.3 Å². The Balaban J connectivity index is 1.57. The SMILES string of the molecule is COc1cccc(OC)c1-n1c(COC2CC2)nc(O)c(C(=O)N2CCC(c3ccccc3C)C2)c1=O. The van der Waals surface area contributed by atoms with Gasteiger partial charge in [0.15, 0.2) is 5.56 Å². The Bertz CT molecular complexity index is 1360. The number of hydrogen-bond acceptors (Lipinski definition) is 7. The zero-order valence-electron chi connectivity index (χ0n) is 21.3. The van der Waals surface area contributed by atoms with Crippen molar-refractivity contribution in [2.45, 2.75) is 44.8 Å². The van der Waals surface area contributed by atoms with E-state index in [1.165, 1.54) is 24.4 Å². The highest BCUT2D eigenvalue weighted by Crippen LogP contribution is 2.34. The fourth-order valence-corrected chi connectivity index (χ4v) is 4.95. The van der Waals surface area contributed by atoms with Gasteiger partial charge in [-0.1, -0.05) is 30.3 Å². The third-order valence-electron chi connectivity index (χ3n) is 7.05. The van der Waals surface area contributed by atoms with Gasteiger partial charge in [-0.25, -0.2) is 0 Å². The van der Waals surface area contributed by atoms with Crippen LogP contribution in [0.2, 0.25) is 0 Å². The average Bonchev–Trinajstić information content (AvgIpc) is 3.60. The number of amides is 1. The summed E-state index contributed by atoms with van der Waals surface area (Å²) in [6.07, 6.45) is 2.73. The van der Waals surface area contributed by atoms with Crippen molar-refractivity contribution in [1.29, 1.82) is 0 Å². The van der Waals surface area contributed by atoms with E-state index in [0.29, 0.717) is 30.3 Å². The van der Waals surface area contributed by atoms with Crippen LogP contribution in [0.25, 0.3) is 5.69 Å². The van der Waals surface area contributed by atoms with Crippen LogP contribution >= 0.6 is 0 Å². The summed E-state index contributed by atoms with van der Waals surface area (Å²) in [7, 11) is 2.97. The topological polar surface area (TPSA) is 103 Å². The lowest BCUT2D eigenvalue weighted by atomic mass is 9.94. The molecule has 0 radical (unpaired) electrons. The highest BCUT2D eigenvalue weighted by Gasteiger charge is 2.34. The van der Waals surface area contributed by atoms with Gasteiger partial charge in [0.2, 0.25) is 5.88 Å². The first kappa shape index (κ1) is 24.8. The van der Waals surface area contributed by atoms with Gasteiger partial charge in [-0.2, -0.15) is 4.98 Å². The summed E-state index contributed by atoms with van der Waals surface area (Å²) in [6.45, 7) is 2.97. The van der Waals surface area contributed by atoms with Crippen LogP contribution in [0.3, 0.4) is 0 Å². The average molecular weight is 506 g/mol. The second kappa shape index (κ2) is 10.3. The fraction of sp³-hybridized carbons (Fsp3) is 0.393. The van der Waals surface area contributed by atoms with Crippen LogP contribution in [0.4, 0.5) is 0 Å². The smallest absolute Gasteiger partial charge is 0.275 e. The van der Waals surface area contributed by atoms with Crippen LogP contribution in [-0.4, -0.2) is 58.9 Å². The van der Waals surface area contributed by atoms with Crippen LogP contribution in [0, 0.1) is 6.92 Å². The minimum Gasteiger partial charge on any atom is -0.494 e. The van der Waals surface area contributed by atoms with Gasteiger partial charge in [0.05, 0.1) is 20.3 Å². The molecule has 2 heterocycles. The van der Waals surface area contributed by atoms with E-state index in [1.54, 1.807) is 23.1 Å². The van der Waals surface area contributed by atoms with Crippen molar-refractivity contribution < 1.29 is 24.1 Å². The molecule has 37 heavy (non-hydrogen) atoms. The minimum absolute atomic E-state index is 0.0117. The molecule has 1 unspecified atom stereocenters. The number of para-hydroxylation sites is 1. The molecule has 194 valence electrons. The highest BCUT2D eigenvalue weighted by atomic mass is 16.5. The molecule has 2 aliphatic rings. The van der Waals surface area contributed by atoms with Crippen LogP contribution in [0.1, 0.15) is 52.5 Å². The van der Waals surface area contributed by atoms with Crippen LogP contribution in [0.15, 0.2) is 47.3 Å². The van der Waals surface area contributed by atoms with E-state index in [0.717, 1.165) is 24.8 Å². The second-order valence-electron chi connectivity index (χ2n) is 9.48. The first-order valence-electron chi connectivity index (χ1n) is 12.5. The largest absolute Gasteiger partial charge is 0.494 e. The van der Waals surface area contributed by atoms with Crippen molar-refractivity contribution in [3.8, 4) is 23.1 Å². The molecule has 1 aliphatic carbocycles. The summed E-state index contributed by atoms with van der Waals surface area (Å²) in [5.74, 6) is -0.116. The van der Waals surface area contributed by atoms with Gasteiger partial charge in [0, 0.05) is 19.0 Å². The lowest BCUT2D eigenvalue weighted by Gasteiger charge is -2.21. The van der Waals surface area contributed by atoms with Gasteiger partial charge in [-0.05, 0) is 49.4 Å². The zero-order chi connectivity index (χ0) is 26.1. The van der Waals surface area contributed by atoms with Gasteiger partial charge >= 0.3 is 0 Å². The molecule has 9 heteroatoms. The normalized spacial score (nSPS) is 17.2. The van der Waals surface area contributed by atoms with Crippen molar-refractivity contribution in [2.24, 2.45) is 0 Å². The van der Waals surface area contributed by atoms with E-state index < -0.39 is 17.3 Å². The molecule has 2 aromatic carbocycles. The summed E-state index contributed by atoms with van der Waals surface area (Å²) in [6, 6.07) is 13.2. The third-order valence-corrected chi connectivity index (χ3v) is 7.05. The number of methoxy groups -OCH3 is 2. The van der Waals surface area contributed by atoms with E-state index in [1.807, 2.05) is 12.1 Å². The van der Waals surface area contributed by atoms with Crippen LogP contribution in [-0.2, 0) is 11.3 Å². The van der Waals surface area contributed by atoms with Gasteiger partial charge < -0.3 is 24.2 Å². The number of likely N-dealkylation sites (tertiary alicyclic amines) is 1. The summed E-state index contributed by atoms with van der Waals surface area (Å²) in [5, 5.41) is 10.8. The number of nitrogens with zero attached hydrogens (tertiary/aromatic N) is 3. The van der Waals surface area contributed by atoms with E-state index in [4.69, 9.17) is 14.2 Å². The number of aromatic nitrogens is 2. The molecule has 1 N–H and O–H groups in total. The minimum atomic E-state index is -0.700. The number of benzene rings is 2. The summed E-state index contributed by atoms with van der Waals surface area (Å²) < 4.78 is 18.1. The van der Waals surface area contributed by atoms with Gasteiger partial charge in [0.1, 0.15) is 29.6 Å². The lowest BCUT2D eigenvalue weighted by molar-refractivity contribution is 0.0781. The Hall–Kier alpha value is -3.85. The van der Waals surface area contributed by atoms with Gasteiger partial charge in [0.25, 0.3) is 11.5 Å². The molecule has 1 saturated heterocycles. The Morgan fingerprint density at radius 1 is 1.05 bits per heavy atom. The molecular formula is C28H31N3O6. The standard InChI is InChI=1S/C28H31N3O6/c1-17-7-4-5-8-20(17)18-13-14-30(15-18)27(33)24-26(32)29-23(16-37-19-11-12-19)31(28(24)34)25-21(35-2)9-6-10-22(25)36-3/h4-10,18-19,32H,11-16H2,1-3H3. The second-order valence-corrected chi connectivity index (χ2v) is 9.48. The first-order valence-corrected chi connectivity index (χ1v) is 12.5. The number of ether oxygens (including phenoxy) is 3. The van der Waals surface area contributed by atoms with Crippen molar-refractivity contribution >= 4 is 5.91 Å². The summed E-state index contributed by atoms with van der Waals surface area (Å²) in [4.78, 5) is 33.5. The molecule has 1 aliphatic heterocycles. The predicted octanol–water partition coefficient (Wildman–Crippen LogP) is 3.57. The number of hydrogen-bond donors (Lipinski definition) is 1. The van der Waals surface area contributed by atoms with E-state index in [2.05, 4.69) is 24.0 Å². The first-order chi connectivity index (χ1) is 17.9. The molecule has 9 nitrogen and oxygen atoms in total. The van der Waals surface area contributed by atoms with E-state index >= 15 is 0 Å².